The number of halogens is 2. The van der Waals surface area contributed by atoms with Gasteiger partial charge in [0, 0.05) is 47.6 Å². The first-order chi connectivity index (χ1) is 13.1. The molecule has 27 heavy (non-hydrogen) atoms. The van der Waals surface area contributed by atoms with E-state index in [4.69, 9.17) is 23.2 Å². The summed E-state index contributed by atoms with van der Waals surface area (Å²) in [6.45, 7) is 1.19. The van der Waals surface area contributed by atoms with Gasteiger partial charge in [-0.15, -0.1) is 0 Å². The van der Waals surface area contributed by atoms with E-state index in [1.807, 2.05) is 24.3 Å². The van der Waals surface area contributed by atoms with E-state index in [2.05, 4.69) is 20.9 Å². The number of amides is 2. The molecule has 1 aliphatic carbocycles. The van der Waals surface area contributed by atoms with Crippen molar-refractivity contribution in [3.8, 4) is 0 Å². The van der Waals surface area contributed by atoms with Crippen LogP contribution in [0.3, 0.4) is 0 Å². The van der Waals surface area contributed by atoms with Gasteiger partial charge in [0.05, 0.1) is 0 Å². The highest BCUT2D eigenvalue weighted by Gasteiger charge is 2.22. The fourth-order valence-electron chi connectivity index (χ4n) is 3.30. The number of nitrogens with zero attached hydrogens (tertiary/aromatic N) is 1. The molecular formula is C20H24Cl2N4O. The van der Waals surface area contributed by atoms with E-state index in [-0.39, 0.29) is 12.1 Å². The van der Waals surface area contributed by atoms with Crippen molar-refractivity contribution >= 4 is 29.2 Å². The second-order valence-electron chi connectivity index (χ2n) is 6.85. The Kier molecular flexibility index (Phi) is 7.33. The van der Waals surface area contributed by atoms with Crippen molar-refractivity contribution in [1.29, 1.82) is 0 Å². The number of hydrogen-bond donors (Lipinski definition) is 3. The molecule has 0 radical (unpaired) electrons. The lowest BCUT2D eigenvalue weighted by atomic mass is 9.91. The molecule has 0 saturated heterocycles. The first-order valence-corrected chi connectivity index (χ1v) is 9.96. The second kappa shape index (κ2) is 9.93. The summed E-state index contributed by atoms with van der Waals surface area (Å²) in [5.74, 6) is 0. The normalized spacial score (nSPS) is 19.5. The molecule has 1 aromatic carbocycles. The van der Waals surface area contributed by atoms with Crippen molar-refractivity contribution in [3.05, 3.63) is 63.9 Å². The van der Waals surface area contributed by atoms with Crippen molar-refractivity contribution in [2.75, 3.05) is 0 Å². The molecule has 2 aromatic rings. The van der Waals surface area contributed by atoms with Gasteiger partial charge in [-0.25, -0.2) is 4.79 Å². The van der Waals surface area contributed by atoms with E-state index in [1.54, 1.807) is 18.5 Å². The second-order valence-corrected chi connectivity index (χ2v) is 7.70. The molecule has 2 amide bonds. The molecule has 3 N–H and O–H groups in total. The van der Waals surface area contributed by atoms with Gasteiger partial charge >= 0.3 is 6.03 Å². The van der Waals surface area contributed by atoms with Crippen molar-refractivity contribution in [3.63, 3.8) is 0 Å². The van der Waals surface area contributed by atoms with Crippen LogP contribution >= 0.6 is 23.2 Å². The molecule has 0 aliphatic heterocycles. The SMILES string of the molecule is O=C(NCc1cccnc1)NC1CCC(NCc2cc(Cl)ccc2Cl)CC1. The molecule has 0 bridgehead atoms. The molecule has 7 heteroatoms. The number of carbonyl (C=O) groups excluding carboxylic acids is 1. The Morgan fingerprint density at radius 1 is 1.07 bits per heavy atom. The lowest BCUT2D eigenvalue weighted by Crippen LogP contribution is -2.45. The average Bonchev–Trinajstić information content (AvgIpc) is 2.69. The summed E-state index contributed by atoms with van der Waals surface area (Å²) in [4.78, 5) is 16.1. The predicted octanol–water partition coefficient (Wildman–Crippen LogP) is 4.29. The van der Waals surface area contributed by atoms with Crippen molar-refractivity contribution < 1.29 is 4.79 Å². The minimum atomic E-state index is -0.124. The summed E-state index contributed by atoms with van der Waals surface area (Å²) in [5, 5.41) is 10.9. The number of hydrogen-bond acceptors (Lipinski definition) is 3. The quantitative estimate of drug-likeness (QED) is 0.670. The van der Waals surface area contributed by atoms with Crippen LogP contribution in [0.4, 0.5) is 4.79 Å². The van der Waals surface area contributed by atoms with Crippen LogP contribution in [0.2, 0.25) is 10.0 Å². The highest BCUT2D eigenvalue weighted by atomic mass is 35.5. The fraction of sp³-hybridized carbons (Fsp3) is 0.400. The molecule has 1 aromatic heterocycles. The largest absolute Gasteiger partial charge is 0.335 e. The lowest BCUT2D eigenvalue weighted by molar-refractivity contribution is 0.228. The summed E-state index contributed by atoms with van der Waals surface area (Å²) >= 11 is 12.2. The van der Waals surface area contributed by atoms with Crippen LogP contribution < -0.4 is 16.0 Å². The molecular weight excluding hydrogens is 383 g/mol. The van der Waals surface area contributed by atoms with Crippen LogP contribution in [-0.4, -0.2) is 23.1 Å². The van der Waals surface area contributed by atoms with Crippen molar-refractivity contribution in [1.82, 2.24) is 20.9 Å². The van der Waals surface area contributed by atoms with Gasteiger partial charge in [-0.1, -0.05) is 29.3 Å². The van der Waals surface area contributed by atoms with E-state index >= 15 is 0 Å². The summed E-state index contributed by atoms with van der Waals surface area (Å²) in [6, 6.07) is 9.84. The van der Waals surface area contributed by atoms with Crippen LogP contribution in [-0.2, 0) is 13.1 Å². The smallest absolute Gasteiger partial charge is 0.315 e. The number of urea groups is 1. The topological polar surface area (TPSA) is 66.0 Å². The van der Waals surface area contributed by atoms with Gasteiger partial charge in [0.1, 0.15) is 0 Å². The third-order valence-corrected chi connectivity index (χ3v) is 5.43. The fourth-order valence-corrected chi connectivity index (χ4v) is 3.68. The summed E-state index contributed by atoms with van der Waals surface area (Å²) in [5.41, 5.74) is 2.00. The Morgan fingerprint density at radius 2 is 1.85 bits per heavy atom. The number of pyridine rings is 1. The summed E-state index contributed by atoms with van der Waals surface area (Å²) in [7, 11) is 0. The molecule has 1 heterocycles. The van der Waals surface area contributed by atoms with Gasteiger partial charge in [0.2, 0.25) is 0 Å². The van der Waals surface area contributed by atoms with Crippen LogP contribution in [0.5, 0.6) is 0 Å². The Bertz CT molecular complexity index is 749. The minimum Gasteiger partial charge on any atom is -0.335 e. The molecule has 1 fully saturated rings. The average molecular weight is 407 g/mol. The molecule has 1 saturated carbocycles. The highest BCUT2D eigenvalue weighted by Crippen LogP contribution is 2.23. The molecule has 1 aliphatic rings. The van der Waals surface area contributed by atoms with Gasteiger partial charge in [-0.3, -0.25) is 4.98 Å². The minimum absolute atomic E-state index is 0.124. The Balaban J connectivity index is 1.36. The van der Waals surface area contributed by atoms with Crippen molar-refractivity contribution in [2.45, 2.75) is 50.9 Å². The summed E-state index contributed by atoms with van der Waals surface area (Å²) < 4.78 is 0. The van der Waals surface area contributed by atoms with E-state index in [9.17, 15) is 4.79 Å². The first kappa shape index (κ1) is 19.9. The standard InChI is InChI=1S/C20H24Cl2N4O/c21-16-3-8-19(22)15(10-16)13-24-17-4-6-18(7-5-17)26-20(27)25-12-14-2-1-9-23-11-14/h1-3,8-11,17-18,24H,4-7,12-13H2,(H2,25,26,27). The van der Waals surface area contributed by atoms with Crippen LogP contribution in [0.1, 0.15) is 36.8 Å². The molecule has 5 nitrogen and oxygen atoms in total. The zero-order valence-corrected chi connectivity index (χ0v) is 16.6. The maximum Gasteiger partial charge on any atom is 0.315 e. The van der Waals surface area contributed by atoms with Crippen LogP contribution in [0, 0.1) is 0 Å². The first-order valence-electron chi connectivity index (χ1n) is 9.21. The number of rotatable bonds is 6. The summed E-state index contributed by atoms with van der Waals surface area (Å²) in [6.07, 6.45) is 7.43. The predicted molar refractivity (Wildman–Crippen MR) is 109 cm³/mol. The number of benzene rings is 1. The third-order valence-electron chi connectivity index (χ3n) is 4.83. The maximum absolute atomic E-state index is 12.1. The van der Waals surface area contributed by atoms with Crippen molar-refractivity contribution in [2.24, 2.45) is 0 Å². The van der Waals surface area contributed by atoms with E-state index in [0.717, 1.165) is 41.8 Å². The Morgan fingerprint density at radius 3 is 2.59 bits per heavy atom. The molecule has 0 atom stereocenters. The maximum atomic E-state index is 12.1. The van der Waals surface area contributed by atoms with Gasteiger partial charge in [-0.05, 0) is 61.1 Å². The van der Waals surface area contributed by atoms with Gasteiger partial charge < -0.3 is 16.0 Å². The highest BCUT2D eigenvalue weighted by molar-refractivity contribution is 6.33. The number of carbonyl (C=O) groups is 1. The Hall–Kier alpha value is -1.82. The van der Waals surface area contributed by atoms with Crippen LogP contribution in [0.15, 0.2) is 42.7 Å². The molecule has 3 rings (SSSR count). The monoisotopic (exact) mass is 406 g/mol. The Labute approximate surface area is 169 Å². The van der Waals surface area contributed by atoms with Gasteiger partial charge in [-0.2, -0.15) is 0 Å². The molecule has 0 spiro atoms. The van der Waals surface area contributed by atoms with Gasteiger partial charge in [0.15, 0.2) is 0 Å². The van der Waals surface area contributed by atoms with Crippen LogP contribution in [0.25, 0.3) is 0 Å². The zero-order chi connectivity index (χ0) is 19.1. The molecule has 144 valence electrons. The number of aromatic nitrogens is 1. The van der Waals surface area contributed by atoms with Gasteiger partial charge in [0.25, 0.3) is 0 Å². The van der Waals surface area contributed by atoms with E-state index in [0.29, 0.717) is 24.2 Å². The van der Waals surface area contributed by atoms with E-state index in [1.165, 1.54) is 0 Å². The van der Waals surface area contributed by atoms with E-state index < -0.39 is 0 Å². The third kappa shape index (κ3) is 6.38. The zero-order valence-electron chi connectivity index (χ0n) is 15.1. The number of nitrogens with one attached hydrogen (secondary N) is 3. The molecule has 0 unspecified atom stereocenters. The lowest BCUT2D eigenvalue weighted by Gasteiger charge is -2.30.